The Kier molecular flexibility index (Phi) is 4.63. The Labute approximate surface area is 197 Å². The highest BCUT2D eigenvalue weighted by atomic mass is 16.3. The van der Waals surface area contributed by atoms with Gasteiger partial charge in [-0.15, -0.1) is 0 Å². The van der Waals surface area contributed by atoms with Gasteiger partial charge in [-0.1, -0.05) is 78.9 Å². The van der Waals surface area contributed by atoms with Crippen molar-refractivity contribution in [2.75, 3.05) is 0 Å². The third kappa shape index (κ3) is 3.06. The highest BCUT2D eigenvalue weighted by Crippen LogP contribution is 2.53. The zero-order chi connectivity index (χ0) is 23.2. The van der Waals surface area contributed by atoms with Gasteiger partial charge in [0, 0.05) is 22.3 Å². The Bertz CT molecular complexity index is 1570. The van der Waals surface area contributed by atoms with Crippen LogP contribution in [-0.4, -0.2) is 15.3 Å². The zero-order valence-corrected chi connectivity index (χ0v) is 18.4. The maximum Gasteiger partial charge on any atom is 0.123 e. The minimum atomic E-state index is 0.145. The van der Waals surface area contributed by atoms with Crippen LogP contribution in [0.1, 0.15) is 11.1 Å². The fourth-order valence-electron chi connectivity index (χ4n) is 5.14. The van der Waals surface area contributed by atoms with E-state index in [1.165, 1.54) is 5.56 Å². The van der Waals surface area contributed by atoms with E-state index in [2.05, 4.69) is 18.2 Å². The van der Waals surface area contributed by atoms with E-state index in [0.29, 0.717) is 16.7 Å². The molecule has 1 aliphatic rings. The molecule has 164 valence electrons. The molecule has 0 amide bonds. The van der Waals surface area contributed by atoms with E-state index in [1.54, 1.807) is 36.4 Å². The summed E-state index contributed by atoms with van der Waals surface area (Å²) in [6.45, 7) is 0. The molecule has 3 nitrogen and oxygen atoms in total. The molecule has 0 unspecified atom stereocenters. The van der Waals surface area contributed by atoms with Crippen LogP contribution in [-0.2, 0) is 6.42 Å². The normalized spacial score (nSPS) is 11.8. The van der Waals surface area contributed by atoms with Crippen molar-refractivity contribution in [1.29, 1.82) is 0 Å². The average molecular weight is 443 g/mol. The van der Waals surface area contributed by atoms with Crippen molar-refractivity contribution in [2.24, 2.45) is 0 Å². The van der Waals surface area contributed by atoms with Crippen LogP contribution in [0, 0.1) is 0 Å². The van der Waals surface area contributed by atoms with Gasteiger partial charge in [-0.2, -0.15) is 0 Å². The molecule has 1 aliphatic carbocycles. The Morgan fingerprint density at radius 2 is 0.882 bits per heavy atom. The van der Waals surface area contributed by atoms with Gasteiger partial charge in [-0.05, 0) is 64.1 Å². The summed E-state index contributed by atoms with van der Waals surface area (Å²) in [4.78, 5) is 0. The van der Waals surface area contributed by atoms with E-state index in [4.69, 9.17) is 0 Å². The minimum Gasteiger partial charge on any atom is -0.507 e. The molecule has 0 aromatic heterocycles. The highest BCUT2D eigenvalue weighted by molar-refractivity contribution is 6.04. The molecule has 34 heavy (non-hydrogen) atoms. The molecule has 3 N–H and O–H groups in total. The second kappa shape index (κ2) is 7.82. The molecular formula is C31H22O3. The lowest BCUT2D eigenvalue weighted by Crippen LogP contribution is -1.97. The fourth-order valence-corrected chi connectivity index (χ4v) is 5.14. The molecule has 6 rings (SSSR count). The lowest BCUT2D eigenvalue weighted by Gasteiger charge is -2.22. The lowest BCUT2D eigenvalue weighted by atomic mass is 9.82. The van der Waals surface area contributed by atoms with Crippen molar-refractivity contribution >= 4 is 0 Å². The van der Waals surface area contributed by atoms with Crippen LogP contribution in [0.5, 0.6) is 17.2 Å². The van der Waals surface area contributed by atoms with Gasteiger partial charge in [0.05, 0.1) is 0 Å². The van der Waals surface area contributed by atoms with Gasteiger partial charge in [0.1, 0.15) is 17.2 Å². The van der Waals surface area contributed by atoms with E-state index in [-0.39, 0.29) is 17.2 Å². The van der Waals surface area contributed by atoms with Gasteiger partial charge in [0.25, 0.3) is 0 Å². The summed E-state index contributed by atoms with van der Waals surface area (Å²) in [5, 5.41) is 32.8. The number of benzene rings is 5. The van der Waals surface area contributed by atoms with Crippen molar-refractivity contribution in [3.05, 3.63) is 114 Å². The monoisotopic (exact) mass is 442 g/mol. The highest BCUT2D eigenvalue weighted by Gasteiger charge is 2.29. The molecule has 0 bridgehead atoms. The van der Waals surface area contributed by atoms with Gasteiger partial charge in [-0.25, -0.2) is 0 Å². The Morgan fingerprint density at radius 3 is 1.47 bits per heavy atom. The largest absolute Gasteiger partial charge is 0.507 e. The maximum absolute atomic E-state index is 11.0. The Balaban J connectivity index is 1.82. The van der Waals surface area contributed by atoms with Gasteiger partial charge in [-0.3, -0.25) is 0 Å². The summed E-state index contributed by atoms with van der Waals surface area (Å²) in [7, 11) is 0. The number of hydrogen-bond acceptors (Lipinski definition) is 3. The van der Waals surface area contributed by atoms with E-state index < -0.39 is 0 Å². The van der Waals surface area contributed by atoms with Gasteiger partial charge >= 0.3 is 0 Å². The minimum absolute atomic E-state index is 0.145. The molecule has 0 saturated carbocycles. The first-order valence-electron chi connectivity index (χ1n) is 11.3. The van der Waals surface area contributed by atoms with Crippen LogP contribution in [0.4, 0.5) is 0 Å². The number of para-hydroxylation sites is 3. The standard InChI is InChI=1S/C31H22O3/c32-27-14-6-3-11-21(27)26-18-24-20-10-2-1-9-19(20)17-25(24)30(22-12-4-7-15-28(22)33)31(26)23-13-5-8-16-29(23)34/h1-16,18,32-34H,17H2. The second-order valence-corrected chi connectivity index (χ2v) is 8.59. The van der Waals surface area contributed by atoms with Crippen LogP contribution in [0.25, 0.3) is 44.5 Å². The molecule has 3 heteroatoms. The van der Waals surface area contributed by atoms with E-state index in [9.17, 15) is 15.3 Å². The topological polar surface area (TPSA) is 60.7 Å². The first kappa shape index (κ1) is 20.1. The molecule has 0 radical (unpaired) electrons. The summed E-state index contributed by atoms with van der Waals surface area (Å²) in [5.74, 6) is 0.478. The quantitative estimate of drug-likeness (QED) is 0.268. The number of rotatable bonds is 3. The van der Waals surface area contributed by atoms with E-state index >= 15 is 0 Å². The molecule has 0 heterocycles. The smallest absolute Gasteiger partial charge is 0.123 e. The number of phenolic OH excluding ortho intramolecular Hbond substituents is 3. The SMILES string of the molecule is Oc1ccccc1-c1cc2c(c(-c3ccccc3O)c1-c1ccccc1O)Cc1ccccc1-2. The van der Waals surface area contributed by atoms with Crippen molar-refractivity contribution in [3.8, 4) is 61.8 Å². The van der Waals surface area contributed by atoms with Gasteiger partial charge in [0.2, 0.25) is 0 Å². The van der Waals surface area contributed by atoms with Crippen molar-refractivity contribution in [3.63, 3.8) is 0 Å². The predicted molar refractivity (Wildman–Crippen MR) is 136 cm³/mol. The average Bonchev–Trinajstić information content (AvgIpc) is 3.23. The van der Waals surface area contributed by atoms with Gasteiger partial charge < -0.3 is 15.3 Å². The molecular weight excluding hydrogens is 420 g/mol. The van der Waals surface area contributed by atoms with Crippen LogP contribution in [0.2, 0.25) is 0 Å². The van der Waals surface area contributed by atoms with E-state index in [1.807, 2.05) is 48.5 Å². The first-order valence-corrected chi connectivity index (χ1v) is 11.3. The first-order chi connectivity index (χ1) is 16.6. The van der Waals surface area contributed by atoms with Crippen molar-refractivity contribution < 1.29 is 15.3 Å². The van der Waals surface area contributed by atoms with Crippen molar-refractivity contribution in [1.82, 2.24) is 0 Å². The van der Waals surface area contributed by atoms with Crippen LogP contribution >= 0.6 is 0 Å². The fraction of sp³-hybridized carbons (Fsp3) is 0.0323. The third-order valence-electron chi connectivity index (χ3n) is 6.65. The predicted octanol–water partition coefficient (Wildman–Crippen LogP) is 7.38. The van der Waals surface area contributed by atoms with Crippen LogP contribution in [0.3, 0.4) is 0 Å². The number of phenols is 3. The lowest BCUT2D eigenvalue weighted by molar-refractivity contribution is 0.475. The Hall–Kier alpha value is -4.50. The maximum atomic E-state index is 11.0. The third-order valence-corrected chi connectivity index (χ3v) is 6.65. The molecule has 5 aromatic rings. The molecule has 0 spiro atoms. The number of fused-ring (bicyclic) bond motifs is 3. The molecule has 0 fully saturated rings. The number of hydrogen-bond donors (Lipinski definition) is 3. The van der Waals surface area contributed by atoms with Crippen LogP contribution < -0.4 is 0 Å². The summed E-state index contributed by atoms with van der Waals surface area (Å²) >= 11 is 0. The number of aromatic hydroxyl groups is 3. The molecule has 5 aromatic carbocycles. The molecule has 0 saturated heterocycles. The summed E-state index contributed by atoms with van der Waals surface area (Å²) in [6, 6.07) is 32.2. The summed E-state index contributed by atoms with van der Waals surface area (Å²) < 4.78 is 0. The Morgan fingerprint density at radius 1 is 0.412 bits per heavy atom. The summed E-state index contributed by atoms with van der Waals surface area (Å²) in [6.07, 6.45) is 0.719. The zero-order valence-electron chi connectivity index (χ0n) is 18.4. The van der Waals surface area contributed by atoms with Crippen molar-refractivity contribution in [2.45, 2.75) is 6.42 Å². The van der Waals surface area contributed by atoms with E-state index in [0.717, 1.165) is 39.8 Å². The second-order valence-electron chi connectivity index (χ2n) is 8.59. The van der Waals surface area contributed by atoms with Crippen LogP contribution in [0.15, 0.2) is 103 Å². The van der Waals surface area contributed by atoms with Gasteiger partial charge in [0.15, 0.2) is 0 Å². The molecule has 0 aliphatic heterocycles. The molecule has 0 atom stereocenters. The summed E-state index contributed by atoms with van der Waals surface area (Å²) in [5.41, 5.74) is 9.00.